The summed E-state index contributed by atoms with van der Waals surface area (Å²) in [6, 6.07) is 9.67. The second kappa shape index (κ2) is 6.94. The van der Waals surface area contributed by atoms with Gasteiger partial charge in [0.2, 0.25) is 5.91 Å². The van der Waals surface area contributed by atoms with E-state index in [-0.39, 0.29) is 5.91 Å². The van der Waals surface area contributed by atoms with Gasteiger partial charge in [-0.05, 0) is 41.1 Å². The van der Waals surface area contributed by atoms with Gasteiger partial charge in [-0.15, -0.1) is 11.3 Å². The molecule has 5 heteroatoms. The molecule has 0 saturated carbocycles. The third-order valence-electron chi connectivity index (χ3n) is 3.98. The number of anilines is 1. The molecule has 1 aliphatic heterocycles. The predicted octanol–water partition coefficient (Wildman–Crippen LogP) is 2.05. The van der Waals surface area contributed by atoms with Crippen LogP contribution in [0.25, 0.3) is 0 Å². The molecule has 0 radical (unpaired) electrons. The molecule has 0 fully saturated rings. The molecule has 0 saturated heterocycles. The largest absolute Gasteiger partial charge is 0.399 e. The first kappa shape index (κ1) is 15.1. The number of nitrogen functional groups attached to an aromatic ring is 1. The highest BCUT2D eigenvalue weighted by molar-refractivity contribution is 7.10. The molecule has 1 aromatic carbocycles. The fourth-order valence-electron chi connectivity index (χ4n) is 2.73. The molecule has 1 aliphatic rings. The zero-order valence-corrected chi connectivity index (χ0v) is 13.4. The van der Waals surface area contributed by atoms with Crippen molar-refractivity contribution in [2.45, 2.75) is 19.4 Å². The zero-order valence-electron chi connectivity index (χ0n) is 12.5. The highest BCUT2D eigenvalue weighted by Crippen LogP contribution is 2.23. The number of amides is 1. The van der Waals surface area contributed by atoms with E-state index < -0.39 is 0 Å². The molecule has 0 spiro atoms. The van der Waals surface area contributed by atoms with Gasteiger partial charge < -0.3 is 11.1 Å². The topological polar surface area (TPSA) is 58.4 Å². The van der Waals surface area contributed by atoms with E-state index in [9.17, 15) is 4.79 Å². The van der Waals surface area contributed by atoms with Crippen LogP contribution in [0.4, 0.5) is 5.69 Å². The van der Waals surface area contributed by atoms with Gasteiger partial charge in [0.05, 0.1) is 6.42 Å². The number of carbonyl (C=O) groups excluding carboxylic acids is 1. The summed E-state index contributed by atoms with van der Waals surface area (Å²) in [6.45, 7) is 3.70. The van der Waals surface area contributed by atoms with Gasteiger partial charge in [-0.25, -0.2) is 0 Å². The second-order valence-electron chi connectivity index (χ2n) is 5.66. The van der Waals surface area contributed by atoms with Crippen LogP contribution in [-0.4, -0.2) is 30.4 Å². The number of nitrogens with one attached hydrogen (secondary N) is 1. The number of fused-ring (bicyclic) bond motifs is 1. The minimum Gasteiger partial charge on any atom is -0.399 e. The zero-order chi connectivity index (χ0) is 15.4. The Hall–Kier alpha value is -1.85. The van der Waals surface area contributed by atoms with Crippen LogP contribution in [0.15, 0.2) is 35.7 Å². The Kier molecular flexibility index (Phi) is 4.75. The van der Waals surface area contributed by atoms with Gasteiger partial charge in [-0.1, -0.05) is 12.1 Å². The number of hydrogen-bond acceptors (Lipinski definition) is 4. The van der Waals surface area contributed by atoms with Crippen molar-refractivity contribution in [3.05, 3.63) is 51.7 Å². The lowest BCUT2D eigenvalue weighted by atomic mass is 10.1. The first-order valence-corrected chi connectivity index (χ1v) is 8.47. The molecule has 0 bridgehead atoms. The summed E-state index contributed by atoms with van der Waals surface area (Å²) in [5.74, 6) is 0.0676. The molecule has 0 atom stereocenters. The number of benzene rings is 1. The lowest BCUT2D eigenvalue weighted by Crippen LogP contribution is -2.37. The Bertz CT molecular complexity index is 636. The average Bonchev–Trinajstić information content (AvgIpc) is 2.97. The number of carbonyl (C=O) groups is 1. The van der Waals surface area contributed by atoms with E-state index in [2.05, 4.69) is 21.7 Å². The summed E-state index contributed by atoms with van der Waals surface area (Å²) in [4.78, 5) is 15.9. The smallest absolute Gasteiger partial charge is 0.224 e. The molecule has 2 aromatic rings. The first-order valence-electron chi connectivity index (χ1n) is 7.59. The van der Waals surface area contributed by atoms with Crippen LogP contribution >= 0.6 is 11.3 Å². The lowest BCUT2D eigenvalue weighted by Gasteiger charge is -2.26. The summed E-state index contributed by atoms with van der Waals surface area (Å²) in [5.41, 5.74) is 8.81. The third-order valence-corrected chi connectivity index (χ3v) is 5.00. The number of nitrogens with zero attached hydrogens (tertiary/aromatic N) is 1. The van der Waals surface area contributed by atoms with Crippen LogP contribution in [0, 0.1) is 0 Å². The normalized spacial score (nSPS) is 14.5. The van der Waals surface area contributed by atoms with Gasteiger partial charge in [-0.2, -0.15) is 0 Å². The Balaban J connectivity index is 1.40. The predicted molar refractivity (Wildman–Crippen MR) is 90.9 cm³/mol. The van der Waals surface area contributed by atoms with Crippen LogP contribution in [-0.2, 0) is 24.2 Å². The monoisotopic (exact) mass is 315 g/mol. The van der Waals surface area contributed by atoms with Crippen molar-refractivity contribution in [2.75, 3.05) is 25.4 Å². The molecule has 22 heavy (non-hydrogen) atoms. The maximum absolute atomic E-state index is 11.9. The Morgan fingerprint density at radius 2 is 2.09 bits per heavy atom. The molecule has 2 heterocycles. The maximum Gasteiger partial charge on any atom is 0.224 e. The van der Waals surface area contributed by atoms with Gasteiger partial charge in [0.1, 0.15) is 0 Å². The highest BCUT2D eigenvalue weighted by atomic mass is 32.1. The van der Waals surface area contributed by atoms with Crippen molar-refractivity contribution >= 4 is 22.9 Å². The van der Waals surface area contributed by atoms with E-state index in [1.54, 1.807) is 0 Å². The summed E-state index contributed by atoms with van der Waals surface area (Å²) >= 11 is 1.85. The molecule has 3 N–H and O–H groups in total. The van der Waals surface area contributed by atoms with Gasteiger partial charge in [0.25, 0.3) is 0 Å². The lowest BCUT2D eigenvalue weighted by molar-refractivity contribution is -0.120. The van der Waals surface area contributed by atoms with Gasteiger partial charge >= 0.3 is 0 Å². The van der Waals surface area contributed by atoms with Crippen LogP contribution in [0.1, 0.15) is 16.0 Å². The summed E-state index contributed by atoms with van der Waals surface area (Å²) in [7, 11) is 0. The van der Waals surface area contributed by atoms with Crippen LogP contribution < -0.4 is 11.1 Å². The summed E-state index contributed by atoms with van der Waals surface area (Å²) < 4.78 is 0. The molecule has 1 aromatic heterocycles. The number of thiophene rings is 1. The molecule has 116 valence electrons. The minimum atomic E-state index is 0.0676. The highest BCUT2D eigenvalue weighted by Gasteiger charge is 2.16. The van der Waals surface area contributed by atoms with E-state index in [4.69, 9.17) is 5.73 Å². The van der Waals surface area contributed by atoms with Crippen molar-refractivity contribution in [3.63, 3.8) is 0 Å². The minimum absolute atomic E-state index is 0.0676. The van der Waals surface area contributed by atoms with Gasteiger partial charge in [-0.3, -0.25) is 9.69 Å². The van der Waals surface area contributed by atoms with E-state index in [0.29, 0.717) is 13.0 Å². The fraction of sp³-hybridized carbons (Fsp3) is 0.353. The molecule has 4 nitrogen and oxygen atoms in total. The Morgan fingerprint density at radius 3 is 2.91 bits per heavy atom. The summed E-state index contributed by atoms with van der Waals surface area (Å²) in [6.07, 6.45) is 1.54. The molecule has 0 unspecified atom stereocenters. The van der Waals surface area contributed by atoms with Crippen LogP contribution in [0.3, 0.4) is 0 Å². The quantitative estimate of drug-likeness (QED) is 0.830. The molecule has 3 rings (SSSR count). The van der Waals surface area contributed by atoms with Crippen LogP contribution in [0.2, 0.25) is 0 Å². The Labute approximate surface area is 134 Å². The average molecular weight is 315 g/mol. The van der Waals surface area contributed by atoms with Crippen molar-refractivity contribution in [3.8, 4) is 0 Å². The van der Waals surface area contributed by atoms with E-state index in [1.807, 2.05) is 35.6 Å². The van der Waals surface area contributed by atoms with Crippen molar-refractivity contribution in [2.24, 2.45) is 0 Å². The van der Waals surface area contributed by atoms with Crippen molar-refractivity contribution in [1.82, 2.24) is 10.2 Å². The van der Waals surface area contributed by atoms with Crippen LogP contribution in [0.5, 0.6) is 0 Å². The van der Waals surface area contributed by atoms with E-state index >= 15 is 0 Å². The molecule has 0 aliphatic carbocycles. The fourth-order valence-corrected chi connectivity index (χ4v) is 3.62. The first-order chi connectivity index (χ1) is 10.7. The van der Waals surface area contributed by atoms with Crippen molar-refractivity contribution in [1.29, 1.82) is 0 Å². The van der Waals surface area contributed by atoms with E-state index in [1.165, 1.54) is 10.4 Å². The van der Waals surface area contributed by atoms with Gasteiger partial charge in [0, 0.05) is 36.7 Å². The van der Waals surface area contributed by atoms with Gasteiger partial charge in [0.15, 0.2) is 0 Å². The maximum atomic E-state index is 11.9. The standard InChI is InChI=1S/C17H21N3OS/c18-15-3-1-13(2-4-15)11-17(21)19-7-9-20-8-5-16-14(12-20)6-10-22-16/h1-4,6,10H,5,7-9,11-12,18H2,(H,19,21). The molecular formula is C17H21N3OS. The van der Waals surface area contributed by atoms with Crippen molar-refractivity contribution < 1.29 is 4.79 Å². The number of rotatable bonds is 5. The SMILES string of the molecule is Nc1ccc(CC(=O)NCCN2CCc3sccc3C2)cc1. The summed E-state index contributed by atoms with van der Waals surface area (Å²) in [5, 5.41) is 5.17. The number of nitrogens with two attached hydrogens (primary N) is 1. The molecular weight excluding hydrogens is 294 g/mol. The van der Waals surface area contributed by atoms with E-state index in [0.717, 1.165) is 37.3 Å². The third kappa shape index (κ3) is 3.87. The number of hydrogen-bond donors (Lipinski definition) is 2. The Morgan fingerprint density at radius 1 is 1.27 bits per heavy atom. The molecule has 1 amide bonds. The second-order valence-corrected chi connectivity index (χ2v) is 6.66.